The van der Waals surface area contributed by atoms with Crippen LogP contribution in [-0.2, 0) is 4.79 Å². The molecule has 1 aliphatic heterocycles. The zero-order chi connectivity index (χ0) is 10.6. The van der Waals surface area contributed by atoms with E-state index in [0.29, 0.717) is 0 Å². The molecule has 2 atom stereocenters. The van der Waals surface area contributed by atoms with E-state index in [1.165, 1.54) is 0 Å². The van der Waals surface area contributed by atoms with Crippen LogP contribution in [0.4, 0.5) is 8.78 Å². The molecule has 0 aliphatic carbocycles. The van der Waals surface area contributed by atoms with Crippen LogP contribution < -0.4 is 10.6 Å². The topological polar surface area (TPSA) is 61.4 Å². The number of alkyl halides is 2. The van der Waals surface area contributed by atoms with Gasteiger partial charge in [0.25, 0.3) is 6.43 Å². The number of halogens is 2. The van der Waals surface area contributed by atoms with Crippen molar-refractivity contribution in [3.8, 4) is 0 Å². The number of hydrogen-bond donors (Lipinski definition) is 3. The lowest BCUT2D eigenvalue weighted by molar-refractivity contribution is -0.123. The molecule has 6 heteroatoms. The largest absolute Gasteiger partial charge is 0.385 e. The third-order valence-corrected chi connectivity index (χ3v) is 2.15. The smallest absolute Gasteiger partial charge is 0.265 e. The lowest BCUT2D eigenvalue weighted by Gasteiger charge is -2.13. The number of aliphatic hydroxyl groups is 1. The first-order chi connectivity index (χ1) is 6.61. The number of rotatable bonds is 4. The fraction of sp³-hybridized carbons (Fsp3) is 0.875. The van der Waals surface area contributed by atoms with Gasteiger partial charge in [0.05, 0.1) is 6.04 Å². The van der Waals surface area contributed by atoms with Crippen LogP contribution in [0, 0.1) is 0 Å². The fourth-order valence-electron chi connectivity index (χ4n) is 1.33. The maximum absolute atomic E-state index is 11.8. The molecule has 0 spiro atoms. The number of amides is 1. The molecule has 1 unspecified atom stereocenters. The summed E-state index contributed by atoms with van der Waals surface area (Å²) in [5.41, 5.74) is 0. The molecule has 4 nitrogen and oxygen atoms in total. The van der Waals surface area contributed by atoms with Crippen molar-refractivity contribution in [1.82, 2.24) is 10.6 Å². The Hall–Kier alpha value is -0.750. The van der Waals surface area contributed by atoms with Gasteiger partial charge in [-0.15, -0.1) is 0 Å². The minimum absolute atomic E-state index is 0.292. The van der Waals surface area contributed by atoms with E-state index in [1.807, 2.05) is 0 Å². The summed E-state index contributed by atoms with van der Waals surface area (Å²) in [4.78, 5) is 11.2. The number of aliphatic hydroxyl groups excluding tert-OH is 1. The van der Waals surface area contributed by atoms with Crippen LogP contribution in [0.25, 0.3) is 0 Å². The van der Waals surface area contributed by atoms with Crippen LogP contribution in [0.2, 0.25) is 0 Å². The maximum atomic E-state index is 11.8. The molecule has 1 saturated heterocycles. The van der Waals surface area contributed by atoms with Crippen molar-refractivity contribution in [2.45, 2.75) is 31.4 Å². The molecule has 0 aromatic carbocycles. The summed E-state index contributed by atoms with van der Waals surface area (Å²) in [5, 5.41) is 13.9. The maximum Gasteiger partial charge on any atom is 0.265 e. The number of carbonyl (C=O) groups is 1. The Morgan fingerprint density at radius 2 is 2.36 bits per heavy atom. The highest BCUT2D eigenvalue weighted by Crippen LogP contribution is 2.05. The Labute approximate surface area is 80.7 Å². The first-order valence-corrected chi connectivity index (χ1v) is 4.58. The lowest BCUT2D eigenvalue weighted by Crippen LogP contribution is -2.44. The van der Waals surface area contributed by atoms with Gasteiger partial charge in [-0.1, -0.05) is 0 Å². The van der Waals surface area contributed by atoms with Gasteiger partial charge in [-0.05, 0) is 19.4 Å². The van der Waals surface area contributed by atoms with E-state index in [1.54, 1.807) is 0 Å². The summed E-state index contributed by atoms with van der Waals surface area (Å²) in [6.07, 6.45) is -2.96. The molecule has 0 bridgehead atoms. The van der Waals surface area contributed by atoms with Gasteiger partial charge in [-0.25, -0.2) is 8.78 Å². The zero-order valence-electron chi connectivity index (χ0n) is 7.67. The van der Waals surface area contributed by atoms with Crippen LogP contribution in [0.5, 0.6) is 0 Å². The zero-order valence-corrected chi connectivity index (χ0v) is 7.67. The minimum atomic E-state index is -2.81. The molecule has 1 heterocycles. The van der Waals surface area contributed by atoms with Gasteiger partial charge in [-0.2, -0.15) is 0 Å². The molecule has 14 heavy (non-hydrogen) atoms. The van der Waals surface area contributed by atoms with Crippen molar-refractivity contribution >= 4 is 5.91 Å². The third kappa shape index (κ3) is 3.19. The van der Waals surface area contributed by atoms with Crippen molar-refractivity contribution in [3.63, 3.8) is 0 Å². The first-order valence-electron chi connectivity index (χ1n) is 4.58. The molecule has 0 aromatic rings. The number of nitrogens with one attached hydrogen (secondary N) is 2. The van der Waals surface area contributed by atoms with Crippen molar-refractivity contribution < 1.29 is 18.7 Å². The minimum Gasteiger partial charge on any atom is -0.385 e. The predicted molar refractivity (Wildman–Crippen MR) is 46.0 cm³/mol. The highest BCUT2D eigenvalue weighted by molar-refractivity contribution is 5.81. The highest BCUT2D eigenvalue weighted by Gasteiger charge is 2.23. The first kappa shape index (κ1) is 11.3. The van der Waals surface area contributed by atoms with Crippen LogP contribution >= 0.6 is 0 Å². The van der Waals surface area contributed by atoms with Crippen molar-refractivity contribution in [1.29, 1.82) is 0 Å². The van der Waals surface area contributed by atoms with E-state index in [0.717, 1.165) is 19.4 Å². The molecular weight excluding hydrogens is 194 g/mol. The van der Waals surface area contributed by atoms with Gasteiger partial charge in [0.15, 0.2) is 0 Å². The summed E-state index contributed by atoms with van der Waals surface area (Å²) in [6, 6.07) is -0.292. The summed E-state index contributed by atoms with van der Waals surface area (Å²) in [7, 11) is 0. The summed E-state index contributed by atoms with van der Waals surface area (Å²) in [6.45, 7) is 0.379. The van der Waals surface area contributed by atoms with Gasteiger partial charge >= 0.3 is 0 Å². The van der Waals surface area contributed by atoms with Gasteiger partial charge in [-0.3, -0.25) is 4.79 Å². The van der Waals surface area contributed by atoms with Crippen LogP contribution in [-0.4, -0.2) is 42.7 Å². The van der Waals surface area contributed by atoms with Gasteiger partial charge < -0.3 is 15.7 Å². The second-order valence-electron chi connectivity index (χ2n) is 3.30. The van der Waals surface area contributed by atoms with E-state index in [2.05, 4.69) is 10.6 Å². The summed E-state index contributed by atoms with van der Waals surface area (Å²) >= 11 is 0. The molecule has 1 aliphatic rings. The van der Waals surface area contributed by atoms with Gasteiger partial charge in [0, 0.05) is 6.54 Å². The quantitative estimate of drug-likeness (QED) is 0.582. The molecule has 3 N–H and O–H groups in total. The van der Waals surface area contributed by atoms with E-state index in [4.69, 9.17) is 5.11 Å². The number of carbonyl (C=O) groups excluding carboxylic acids is 1. The fourth-order valence-corrected chi connectivity index (χ4v) is 1.33. The van der Waals surface area contributed by atoms with Crippen molar-refractivity contribution in [2.75, 3.05) is 13.1 Å². The molecular formula is C8H14F2N2O2. The Bertz CT molecular complexity index is 196. The average Bonchev–Trinajstić information content (AvgIpc) is 2.66. The van der Waals surface area contributed by atoms with Crippen molar-refractivity contribution in [3.05, 3.63) is 0 Å². The second kappa shape index (κ2) is 5.21. The Kier molecular flexibility index (Phi) is 4.21. The second-order valence-corrected chi connectivity index (χ2v) is 3.30. The van der Waals surface area contributed by atoms with E-state index in [9.17, 15) is 13.6 Å². The summed E-state index contributed by atoms with van der Waals surface area (Å²) in [5.74, 6) is -0.317. The predicted octanol–water partition coefficient (Wildman–Crippen LogP) is -0.519. The molecule has 1 fully saturated rings. The molecule has 0 aromatic heterocycles. The average molecular weight is 208 g/mol. The van der Waals surface area contributed by atoms with Gasteiger partial charge in [0.2, 0.25) is 5.91 Å². The van der Waals surface area contributed by atoms with Crippen LogP contribution in [0.3, 0.4) is 0 Å². The Balaban J connectivity index is 2.20. The van der Waals surface area contributed by atoms with Crippen molar-refractivity contribution in [2.24, 2.45) is 0 Å². The standard InChI is InChI=1S/C8H14F2N2O2/c9-7(10)6(13)4-12-8(14)5-2-1-3-11-5/h5-7,11,13H,1-4H2,(H,12,14)/t5-,6?/m1/s1. The van der Waals surface area contributed by atoms with E-state index in [-0.39, 0.29) is 11.9 Å². The summed E-state index contributed by atoms with van der Waals surface area (Å²) < 4.78 is 23.7. The third-order valence-electron chi connectivity index (χ3n) is 2.15. The van der Waals surface area contributed by atoms with E-state index >= 15 is 0 Å². The lowest BCUT2D eigenvalue weighted by atomic mass is 10.2. The Morgan fingerprint density at radius 1 is 1.64 bits per heavy atom. The number of hydrogen-bond acceptors (Lipinski definition) is 3. The monoisotopic (exact) mass is 208 g/mol. The van der Waals surface area contributed by atoms with Crippen LogP contribution in [0.1, 0.15) is 12.8 Å². The van der Waals surface area contributed by atoms with Gasteiger partial charge in [0.1, 0.15) is 6.10 Å². The Morgan fingerprint density at radius 3 is 2.86 bits per heavy atom. The molecule has 82 valence electrons. The molecule has 1 amide bonds. The highest BCUT2D eigenvalue weighted by atomic mass is 19.3. The van der Waals surface area contributed by atoms with E-state index < -0.39 is 19.1 Å². The molecule has 0 saturated carbocycles. The van der Waals surface area contributed by atoms with Crippen LogP contribution in [0.15, 0.2) is 0 Å². The molecule has 1 rings (SSSR count). The normalized spacial score (nSPS) is 23.9. The molecule has 0 radical (unpaired) electrons. The SMILES string of the molecule is O=C(NCC(O)C(F)F)[C@H]1CCCN1.